The predicted octanol–water partition coefficient (Wildman–Crippen LogP) is 3.95. The smallest absolute Gasteiger partial charge is 0.0975 e. The third-order valence-electron chi connectivity index (χ3n) is 3.73. The van der Waals surface area contributed by atoms with Gasteiger partial charge in [-0.25, -0.2) is 0 Å². The van der Waals surface area contributed by atoms with Gasteiger partial charge in [-0.3, -0.25) is 0 Å². The van der Waals surface area contributed by atoms with E-state index in [0.717, 1.165) is 17.6 Å². The second kappa shape index (κ2) is 5.73. The molecule has 0 aromatic heterocycles. The van der Waals surface area contributed by atoms with Crippen LogP contribution < -0.4 is 5.73 Å². The maximum Gasteiger partial charge on any atom is 0.0975 e. The molecule has 2 rings (SSSR count). The maximum atomic E-state index is 9.29. The van der Waals surface area contributed by atoms with E-state index < -0.39 is 0 Å². The van der Waals surface area contributed by atoms with Gasteiger partial charge in [0, 0.05) is 11.5 Å². The summed E-state index contributed by atoms with van der Waals surface area (Å²) in [6.45, 7) is 2.21. The van der Waals surface area contributed by atoms with Crippen molar-refractivity contribution in [1.29, 1.82) is 5.26 Å². The Morgan fingerprint density at radius 2 is 2.00 bits per heavy atom. The summed E-state index contributed by atoms with van der Waals surface area (Å²) in [5, 5.41) is 9.29. The Kier molecular flexibility index (Phi) is 4.04. The van der Waals surface area contributed by atoms with E-state index in [1.165, 1.54) is 31.2 Å². The Morgan fingerprint density at radius 1 is 1.22 bits per heavy atom. The van der Waals surface area contributed by atoms with Gasteiger partial charge in [0.15, 0.2) is 0 Å². The van der Waals surface area contributed by atoms with Crippen LogP contribution in [0.2, 0.25) is 0 Å². The molecule has 1 aromatic rings. The van der Waals surface area contributed by atoms with Crippen LogP contribution in [0.5, 0.6) is 0 Å². The first kappa shape index (κ1) is 12.7. The van der Waals surface area contributed by atoms with E-state index in [1.54, 1.807) is 0 Å². The highest BCUT2D eigenvalue weighted by Crippen LogP contribution is 2.41. The zero-order valence-electron chi connectivity index (χ0n) is 10.9. The van der Waals surface area contributed by atoms with Crippen LogP contribution in [-0.2, 0) is 0 Å². The summed E-state index contributed by atoms with van der Waals surface area (Å²) in [5.41, 5.74) is 9.84. The van der Waals surface area contributed by atoms with Crippen molar-refractivity contribution < 1.29 is 0 Å². The molecule has 0 fully saturated rings. The lowest BCUT2D eigenvalue weighted by Gasteiger charge is -2.12. The molecule has 0 spiro atoms. The Morgan fingerprint density at radius 3 is 2.72 bits per heavy atom. The number of nitriles is 1. The minimum Gasteiger partial charge on any atom is -0.397 e. The average Bonchev–Trinajstić information content (AvgIpc) is 2.68. The number of hydrogen-bond donors (Lipinski definition) is 1. The monoisotopic (exact) mass is 240 g/mol. The zero-order valence-corrected chi connectivity index (χ0v) is 10.9. The number of nitrogens with zero attached hydrogens (tertiary/aromatic N) is 1. The summed E-state index contributed by atoms with van der Waals surface area (Å²) in [5.74, 6) is 0.225. The molecule has 1 atom stereocenters. The fourth-order valence-corrected chi connectivity index (χ4v) is 2.75. The van der Waals surface area contributed by atoms with Crippen LogP contribution in [0.1, 0.15) is 56.1 Å². The minimum atomic E-state index is 0.225. The number of unbranched alkanes of at least 4 members (excludes halogenated alkanes) is 3. The molecule has 0 heterocycles. The van der Waals surface area contributed by atoms with Crippen molar-refractivity contribution in [1.82, 2.24) is 0 Å². The number of nitrogens with two attached hydrogens (primary N) is 1. The van der Waals surface area contributed by atoms with Crippen LogP contribution >= 0.6 is 0 Å². The number of fused-ring (bicyclic) bond motifs is 1. The lowest BCUT2D eigenvalue weighted by Crippen LogP contribution is -1.99. The van der Waals surface area contributed by atoms with E-state index in [1.807, 2.05) is 18.2 Å². The molecule has 1 aliphatic rings. The summed E-state index contributed by atoms with van der Waals surface area (Å²) in [6.07, 6.45) is 5.97. The van der Waals surface area contributed by atoms with Crippen molar-refractivity contribution in [2.75, 3.05) is 0 Å². The average molecular weight is 240 g/mol. The fraction of sp³-hybridized carbons (Fsp3) is 0.438. The van der Waals surface area contributed by atoms with E-state index in [4.69, 9.17) is 5.73 Å². The molecule has 18 heavy (non-hydrogen) atoms. The van der Waals surface area contributed by atoms with Gasteiger partial charge in [0.05, 0.1) is 17.3 Å². The number of allylic oxidation sites excluding steroid dienone is 1. The van der Waals surface area contributed by atoms with Crippen molar-refractivity contribution in [3.63, 3.8) is 0 Å². The Bertz CT molecular complexity index is 494. The predicted molar refractivity (Wildman–Crippen MR) is 74.7 cm³/mol. The van der Waals surface area contributed by atoms with Gasteiger partial charge in [-0.05, 0) is 12.0 Å². The van der Waals surface area contributed by atoms with E-state index in [0.29, 0.717) is 5.70 Å². The van der Waals surface area contributed by atoms with Crippen LogP contribution in [0.3, 0.4) is 0 Å². The molecule has 0 saturated carbocycles. The highest BCUT2D eigenvalue weighted by molar-refractivity contribution is 5.79. The molecule has 2 heteroatoms. The third-order valence-corrected chi connectivity index (χ3v) is 3.73. The number of benzene rings is 1. The van der Waals surface area contributed by atoms with Crippen molar-refractivity contribution in [2.45, 2.75) is 44.9 Å². The molecular weight excluding hydrogens is 220 g/mol. The molecule has 2 nitrogen and oxygen atoms in total. The number of rotatable bonds is 5. The zero-order chi connectivity index (χ0) is 13.0. The SMILES string of the molecule is CCCCCCC1C(C#N)=C(N)c2ccccc21. The summed E-state index contributed by atoms with van der Waals surface area (Å²) in [7, 11) is 0. The summed E-state index contributed by atoms with van der Waals surface area (Å²) in [6, 6.07) is 10.5. The van der Waals surface area contributed by atoms with E-state index >= 15 is 0 Å². The Labute approximate surface area is 109 Å². The molecule has 0 aliphatic heterocycles. The molecule has 94 valence electrons. The Hall–Kier alpha value is -1.75. The van der Waals surface area contributed by atoms with Gasteiger partial charge in [0.1, 0.15) is 0 Å². The molecule has 1 aliphatic carbocycles. The van der Waals surface area contributed by atoms with Crippen LogP contribution in [0.4, 0.5) is 0 Å². The van der Waals surface area contributed by atoms with Crippen molar-refractivity contribution in [2.24, 2.45) is 5.73 Å². The van der Waals surface area contributed by atoms with E-state index in [2.05, 4.69) is 19.1 Å². The molecule has 0 saturated heterocycles. The second-order valence-corrected chi connectivity index (χ2v) is 4.93. The van der Waals surface area contributed by atoms with Gasteiger partial charge >= 0.3 is 0 Å². The van der Waals surface area contributed by atoms with E-state index in [-0.39, 0.29) is 5.92 Å². The first-order valence-corrected chi connectivity index (χ1v) is 6.78. The van der Waals surface area contributed by atoms with Crippen LogP contribution in [0, 0.1) is 11.3 Å². The van der Waals surface area contributed by atoms with Crippen LogP contribution in [-0.4, -0.2) is 0 Å². The first-order chi connectivity index (χ1) is 8.79. The summed E-state index contributed by atoms with van der Waals surface area (Å²) >= 11 is 0. The third kappa shape index (κ3) is 2.26. The van der Waals surface area contributed by atoms with Gasteiger partial charge in [0.2, 0.25) is 0 Å². The maximum absolute atomic E-state index is 9.29. The highest BCUT2D eigenvalue weighted by Gasteiger charge is 2.29. The van der Waals surface area contributed by atoms with Crippen LogP contribution in [0.25, 0.3) is 5.70 Å². The van der Waals surface area contributed by atoms with E-state index in [9.17, 15) is 5.26 Å². The van der Waals surface area contributed by atoms with Crippen molar-refractivity contribution in [3.8, 4) is 6.07 Å². The fourth-order valence-electron chi connectivity index (χ4n) is 2.75. The Balaban J connectivity index is 2.16. The second-order valence-electron chi connectivity index (χ2n) is 4.93. The topological polar surface area (TPSA) is 49.8 Å². The van der Waals surface area contributed by atoms with Crippen LogP contribution in [0.15, 0.2) is 29.8 Å². The van der Waals surface area contributed by atoms with Gasteiger partial charge in [-0.2, -0.15) is 5.26 Å². The lowest BCUT2D eigenvalue weighted by molar-refractivity contribution is 0.600. The normalized spacial score (nSPS) is 17.7. The van der Waals surface area contributed by atoms with Gasteiger partial charge in [-0.15, -0.1) is 0 Å². The minimum absolute atomic E-state index is 0.225. The number of hydrogen-bond acceptors (Lipinski definition) is 2. The van der Waals surface area contributed by atoms with Crippen molar-refractivity contribution in [3.05, 3.63) is 41.0 Å². The molecule has 1 unspecified atom stereocenters. The summed E-state index contributed by atoms with van der Waals surface area (Å²) in [4.78, 5) is 0. The van der Waals surface area contributed by atoms with Gasteiger partial charge in [0.25, 0.3) is 0 Å². The largest absolute Gasteiger partial charge is 0.397 e. The first-order valence-electron chi connectivity index (χ1n) is 6.78. The molecular formula is C16H20N2. The van der Waals surface area contributed by atoms with Gasteiger partial charge < -0.3 is 5.73 Å². The standard InChI is InChI=1S/C16H20N2/c1-2-3-4-5-8-13-12-9-6-7-10-14(12)16(18)15(13)11-17/h6-7,9-10,13H,2-5,8,18H2,1H3. The van der Waals surface area contributed by atoms with Gasteiger partial charge in [-0.1, -0.05) is 56.9 Å². The highest BCUT2D eigenvalue weighted by atomic mass is 14.6. The molecule has 2 N–H and O–H groups in total. The lowest BCUT2D eigenvalue weighted by atomic mass is 9.90. The molecule has 1 aromatic carbocycles. The summed E-state index contributed by atoms with van der Waals surface area (Å²) < 4.78 is 0. The molecule has 0 bridgehead atoms. The molecule has 0 radical (unpaired) electrons. The quantitative estimate of drug-likeness (QED) is 0.792. The van der Waals surface area contributed by atoms with Crippen molar-refractivity contribution >= 4 is 5.70 Å². The molecule has 0 amide bonds.